The van der Waals surface area contributed by atoms with E-state index in [1.54, 1.807) is 0 Å². The highest BCUT2D eigenvalue weighted by atomic mass is 32.2. The van der Waals surface area contributed by atoms with Gasteiger partial charge in [-0.15, -0.1) is 0 Å². The summed E-state index contributed by atoms with van der Waals surface area (Å²) in [5.74, 6) is 0. The normalized spacial score (nSPS) is 19.6. The molecular formula is C18H15S+. The van der Waals surface area contributed by atoms with Gasteiger partial charge in [0.25, 0.3) is 0 Å². The number of hydrogen-bond acceptors (Lipinski definition) is 0. The van der Waals surface area contributed by atoms with Gasteiger partial charge in [-0.1, -0.05) is 52.6 Å². The molecule has 0 spiro atoms. The van der Waals surface area contributed by atoms with Crippen molar-refractivity contribution in [2.45, 2.75) is 11.3 Å². The maximum atomic E-state index is 3.29. The van der Waals surface area contributed by atoms with Crippen LogP contribution in [0.1, 0.15) is 6.42 Å². The standard InChI is InChI=1S/C18H14S/c1-4-10-16(11-5-1)19(17-12-6-2-7-13-17)18-14-8-3-9-15-18/h1-8,10-12,14H,13H2/p+1. The van der Waals surface area contributed by atoms with Crippen LogP contribution in [0.4, 0.5) is 0 Å². The van der Waals surface area contributed by atoms with Gasteiger partial charge in [0, 0.05) is 6.42 Å². The molecule has 3 rings (SSSR count). The van der Waals surface area contributed by atoms with Crippen LogP contribution in [0.3, 0.4) is 0 Å². The summed E-state index contributed by atoms with van der Waals surface area (Å²) in [5, 5.41) is 0. The summed E-state index contributed by atoms with van der Waals surface area (Å²) in [6, 6.07) is 10.7. The van der Waals surface area contributed by atoms with Gasteiger partial charge in [-0.2, -0.15) is 0 Å². The second kappa shape index (κ2) is 5.73. The minimum Gasteiger partial charge on any atom is -0.0759 e. The predicted octanol–water partition coefficient (Wildman–Crippen LogP) is 3.85. The quantitative estimate of drug-likeness (QED) is 0.329. The van der Waals surface area contributed by atoms with Crippen molar-refractivity contribution in [3.8, 4) is 0 Å². The average molecular weight is 263 g/mol. The lowest BCUT2D eigenvalue weighted by Crippen LogP contribution is -2.08. The van der Waals surface area contributed by atoms with Gasteiger partial charge >= 0.3 is 0 Å². The van der Waals surface area contributed by atoms with Gasteiger partial charge in [0.05, 0.1) is 0 Å². The van der Waals surface area contributed by atoms with Gasteiger partial charge in [-0.05, 0) is 42.2 Å². The molecule has 0 heterocycles. The van der Waals surface area contributed by atoms with Crippen molar-refractivity contribution < 1.29 is 0 Å². The van der Waals surface area contributed by atoms with E-state index >= 15 is 0 Å². The fraction of sp³-hybridized carbons (Fsp3) is 0.0556. The first-order chi connectivity index (χ1) is 9.45. The van der Waals surface area contributed by atoms with E-state index < -0.39 is 10.5 Å². The summed E-state index contributed by atoms with van der Waals surface area (Å²) < 4.78 is 0. The summed E-state index contributed by atoms with van der Waals surface area (Å²) in [6.07, 6.45) is 15.9. The van der Waals surface area contributed by atoms with Crippen molar-refractivity contribution in [3.05, 3.63) is 89.2 Å². The van der Waals surface area contributed by atoms with Gasteiger partial charge in [0.15, 0.2) is 4.91 Å². The van der Waals surface area contributed by atoms with Crippen LogP contribution in [0.25, 0.3) is 0 Å². The highest BCUT2D eigenvalue weighted by Crippen LogP contribution is 2.21. The Bertz CT molecular complexity index is 699. The van der Waals surface area contributed by atoms with Gasteiger partial charge in [0.2, 0.25) is 0 Å². The van der Waals surface area contributed by atoms with Crippen LogP contribution in [-0.2, 0) is 10.5 Å². The van der Waals surface area contributed by atoms with E-state index in [1.165, 1.54) is 14.7 Å². The molecule has 0 saturated heterocycles. The molecule has 0 saturated carbocycles. The Hall–Kier alpha value is -2.04. The molecule has 1 aromatic carbocycles. The van der Waals surface area contributed by atoms with Crippen LogP contribution in [-0.4, -0.2) is 4.86 Å². The maximum absolute atomic E-state index is 3.29. The van der Waals surface area contributed by atoms with Crippen molar-refractivity contribution in [1.82, 2.24) is 0 Å². The number of allylic oxidation sites excluding steroid dienone is 7. The third-order valence-corrected chi connectivity index (χ3v) is 5.50. The molecule has 0 amide bonds. The molecule has 0 aliphatic heterocycles. The van der Waals surface area contributed by atoms with Gasteiger partial charge in [0.1, 0.15) is 9.76 Å². The molecule has 0 nitrogen and oxygen atoms in total. The fourth-order valence-electron chi connectivity index (χ4n) is 2.18. The van der Waals surface area contributed by atoms with E-state index in [0.717, 1.165) is 6.42 Å². The second-order valence-corrected chi connectivity index (χ2v) is 6.58. The first-order valence-electron chi connectivity index (χ1n) is 6.38. The molecule has 0 N–H and O–H groups in total. The number of hydrogen-bond donors (Lipinski definition) is 0. The Kier molecular flexibility index (Phi) is 3.63. The molecule has 1 unspecified atom stereocenters. The Morgan fingerprint density at radius 3 is 2.53 bits per heavy atom. The number of rotatable bonds is 2. The highest BCUT2D eigenvalue weighted by molar-refractivity contribution is 8.00. The smallest absolute Gasteiger partial charge is 0.0759 e. The zero-order chi connectivity index (χ0) is 12.9. The average Bonchev–Trinajstić information content (AvgIpc) is 2.51. The second-order valence-electron chi connectivity index (χ2n) is 4.33. The zero-order valence-corrected chi connectivity index (χ0v) is 11.5. The summed E-state index contributed by atoms with van der Waals surface area (Å²) in [5.41, 5.74) is 6.38. The summed E-state index contributed by atoms with van der Waals surface area (Å²) in [7, 11) is -0.477. The van der Waals surface area contributed by atoms with Crippen molar-refractivity contribution in [3.63, 3.8) is 0 Å². The Balaban J connectivity index is 2.20. The van der Waals surface area contributed by atoms with E-state index in [9.17, 15) is 0 Å². The van der Waals surface area contributed by atoms with Crippen LogP contribution in [0, 0.1) is 0 Å². The minimum absolute atomic E-state index is 0.477. The molecular weight excluding hydrogens is 248 g/mol. The molecule has 1 aromatic rings. The van der Waals surface area contributed by atoms with Crippen LogP contribution in [0.15, 0.2) is 94.1 Å². The molecule has 0 bridgehead atoms. The zero-order valence-electron chi connectivity index (χ0n) is 10.6. The molecule has 1 atom stereocenters. The maximum Gasteiger partial charge on any atom is 0.172 e. The predicted molar refractivity (Wildman–Crippen MR) is 85.6 cm³/mol. The van der Waals surface area contributed by atoms with Crippen LogP contribution < -0.4 is 0 Å². The van der Waals surface area contributed by atoms with E-state index in [4.69, 9.17) is 0 Å². The molecule has 0 radical (unpaired) electrons. The summed E-state index contributed by atoms with van der Waals surface area (Å²) in [4.78, 5) is 4.10. The van der Waals surface area contributed by atoms with Crippen molar-refractivity contribution >= 4 is 15.3 Å². The van der Waals surface area contributed by atoms with Gasteiger partial charge in [-0.3, -0.25) is 0 Å². The van der Waals surface area contributed by atoms with E-state index in [1.807, 2.05) is 12.2 Å². The third kappa shape index (κ3) is 2.70. The highest BCUT2D eigenvalue weighted by Gasteiger charge is 2.17. The summed E-state index contributed by atoms with van der Waals surface area (Å²) >= 11 is 0. The molecule has 19 heavy (non-hydrogen) atoms. The lowest BCUT2D eigenvalue weighted by atomic mass is 10.2. The van der Waals surface area contributed by atoms with Crippen molar-refractivity contribution in [2.24, 2.45) is 0 Å². The SMILES string of the molecule is C1=C=C([SH+](=C2C=CC=CC2)c2ccccc2)C=CC=1. The molecule has 0 aromatic heterocycles. The van der Waals surface area contributed by atoms with E-state index in [-0.39, 0.29) is 0 Å². The third-order valence-electron chi connectivity index (χ3n) is 3.04. The van der Waals surface area contributed by atoms with Crippen LogP contribution >= 0.6 is 0 Å². The monoisotopic (exact) mass is 263 g/mol. The summed E-state index contributed by atoms with van der Waals surface area (Å²) in [6.45, 7) is 0. The van der Waals surface area contributed by atoms with E-state index in [2.05, 4.69) is 72.2 Å². The van der Waals surface area contributed by atoms with Crippen LogP contribution in [0.2, 0.25) is 0 Å². The number of thiol groups is 1. The van der Waals surface area contributed by atoms with Gasteiger partial charge in [-0.25, -0.2) is 0 Å². The first kappa shape index (κ1) is 12.0. The molecule has 1 heteroatoms. The largest absolute Gasteiger partial charge is 0.172 e. The topological polar surface area (TPSA) is 0 Å². The number of benzene rings is 1. The van der Waals surface area contributed by atoms with E-state index in [0.29, 0.717) is 0 Å². The molecule has 2 aliphatic rings. The fourth-order valence-corrected chi connectivity index (χ4v) is 4.50. The molecule has 2 aliphatic carbocycles. The van der Waals surface area contributed by atoms with Gasteiger partial charge < -0.3 is 0 Å². The Morgan fingerprint density at radius 2 is 1.84 bits per heavy atom. The lowest BCUT2D eigenvalue weighted by molar-refractivity contribution is 1.45. The minimum atomic E-state index is -0.477. The lowest BCUT2D eigenvalue weighted by Gasteiger charge is -2.09. The first-order valence-corrected chi connectivity index (χ1v) is 7.72. The van der Waals surface area contributed by atoms with Crippen molar-refractivity contribution in [1.29, 1.82) is 0 Å². The Morgan fingerprint density at radius 1 is 0.947 bits per heavy atom. The molecule has 92 valence electrons. The molecule has 0 fully saturated rings. The van der Waals surface area contributed by atoms with Crippen molar-refractivity contribution in [2.75, 3.05) is 0 Å². The Labute approximate surface area is 116 Å². The van der Waals surface area contributed by atoms with Crippen LogP contribution in [0.5, 0.6) is 0 Å².